The fraction of sp³-hybridized carbons (Fsp3) is 0.353. The highest BCUT2D eigenvalue weighted by Crippen LogP contribution is 2.24. The minimum Gasteiger partial charge on any atom is -0.385 e. The molecule has 0 aliphatic rings. The van der Waals surface area contributed by atoms with Gasteiger partial charge in [-0.3, -0.25) is 4.99 Å². The molecular formula is C17H24Cl2IN5. The number of rotatable bonds is 7. The summed E-state index contributed by atoms with van der Waals surface area (Å²) in [7, 11) is 3.64. The van der Waals surface area contributed by atoms with Crippen molar-refractivity contribution in [3.63, 3.8) is 0 Å². The number of aromatic nitrogens is 1. The molecule has 0 saturated carbocycles. The molecule has 0 aliphatic heterocycles. The first-order valence-electron chi connectivity index (χ1n) is 7.85. The first-order chi connectivity index (χ1) is 11.6. The first-order valence-corrected chi connectivity index (χ1v) is 8.60. The van der Waals surface area contributed by atoms with Gasteiger partial charge < -0.3 is 20.5 Å². The van der Waals surface area contributed by atoms with Gasteiger partial charge in [0.05, 0.1) is 11.6 Å². The molecule has 0 amide bonds. The molecule has 138 valence electrons. The maximum Gasteiger partial charge on any atom is 0.191 e. The average molecular weight is 496 g/mol. The summed E-state index contributed by atoms with van der Waals surface area (Å²) in [6.45, 7) is 2.33. The number of aliphatic imine (C=N–C) groups is 1. The summed E-state index contributed by atoms with van der Waals surface area (Å²) in [5, 5.41) is 11.0. The van der Waals surface area contributed by atoms with Gasteiger partial charge in [0.15, 0.2) is 5.96 Å². The minimum atomic E-state index is 0. The predicted molar refractivity (Wildman–Crippen MR) is 119 cm³/mol. The molecule has 0 saturated heterocycles. The Hall–Kier alpha value is -1.12. The van der Waals surface area contributed by atoms with Crippen molar-refractivity contribution in [2.24, 2.45) is 12.0 Å². The van der Waals surface area contributed by atoms with Crippen LogP contribution in [0.25, 0.3) is 0 Å². The smallest absolute Gasteiger partial charge is 0.191 e. The van der Waals surface area contributed by atoms with Gasteiger partial charge in [0.25, 0.3) is 0 Å². The van der Waals surface area contributed by atoms with E-state index < -0.39 is 0 Å². The molecule has 1 aromatic carbocycles. The van der Waals surface area contributed by atoms with Crippen LogP contribution in [0.4, 0.5) is 5.69 Å². The highest BCUT2D eigenvalue weighted by atomic mass is 127. The minimum absolute atomic E-state index is 0. The maximum atomic E-state index is 6.07. The van der Waals surface area contributed by atoms with E-state index >= 15 is 0 Å². The van der Waals surface area contributed by atoms with Gasteiger partial charge in [-0.05, 0) is 24.6 Å². The molecule has 2 rings (SSSR count). The fourth-order valence-corrected chi connectivity index (χ4v) is 2.65. The Balaban J connectivity index is 0.00000312. The Bertz CT molecular complexity index is 673. The van der Waals surface area contributed by atoms with E-state index in [2.05, 4.69) is 33.1 Å². The third-order valence-electron chi connectivity index (χ3n) is 3.63. The van der Waals surface area contributed by atoms with Crippen molar-refractivity contribution in [1.29, 1.82) is 0 Å². The fourth-order valence-electron chi connectivity index (χ4n) is 2.24. The molecule has 1 aromatic heterocycles. The monoisotopic (exact) mass is 495 g/mol. The number of hydrogen-bond donors (Lipinski definition) is 3. The highest BCUT2D eigenvalue weighted by molar-refractivity contribution is 14.0. The quantitative estimate of drug-likeness (QED) is 0.234. The first kappa shape index (κ1) is 21.9. The number of nitrogens with zero attached hydrogens (tertiary/aromatic N) is 2. The molecule has 2 aromatic rings. The number of benzene rings is 1. The molecule has 5 nitrogen and oxygen atoms in total. The van der Waals surface area contributed by atoms with E-state index in [1.807, 2.05) is 35.9 Å². The van der Waals surface area contributed by atoms with Gasteiger partial charge >= 0.3 is 0 Å². The van der Waals surface area contributed by atoms with Gasteiger partial charge in [-0.2, -0.15) is 0 Å². The largest absolute Gasteiger partial charge is 0.385 e. The van der Waals surface area contributed by atoms with Gasteiger partial charge in [-0.25, -0.2) is 0 Å². The van der Waals surface area contributed by atoms with Gasteiger partial charge in [-0.15, -0.1) is 24.0 Å². The molecule has 0 atom stereocenters. The van der Waals surface area contributed by atoms with Crippen molar-refractivity contribution in [3.05, 3.63) is 52.3 Å². The number of nitrogens with one attached hydrogen (secondary N) is 3. The number of guanidine groups is 1. The van der Waals surface area contributed by atoms with E-state index in [-0.39, 0.29) is 24.0 Å². The Labute approximate surface area is 176 Å². The second kappa shape index (κ2) is 11.5. The normalized spacial score (nSPS) is 11.0. The van der Waals surface area contributed by atoms with Crippen molar-refractivity contribution in [1.82, 2.24) is 15.2 Å². The van der Waals surface area contributed by atoms with Gasteiger partial charge in [-0.1, -0.05) is 41.4 Å². The molecule has 25 heavy (non-hydrogen) atoms. The second-order valence-corrected chi connectivity index (χ2v) is 6.10. The van der Waals surface area contributed by atoms with Crippen LogP contribution in [0.3, 0.4) is 0 Å². The van der Waals surface area contributed by atoms with Crippen molar-refractivity contribution in [2.45, 2.75) is 13.0 Å². The van der Waals surface area contributed by atoms with E-state index in [1.165, 1.54) is 0 Å². The predicted octanol–water partition coefficient (Wildman–Crippen LogP) is 4.12. The molecule has 8 heteroatoms. The van der Waals surface area contributed by atoms with E-state index in [0.717, 1.165) is 36.9 Å². The summed E-state index contributed by atoms with van der Waals surface area (Å²) in [5.41, 5.74) is 2.14. The molecule has 3 N–H and O–H groups in total. The molecule has 0 fully saturated rings. The van der Waals surface area contributed by atoms with E-state index in [4.69, 9.17) is 23.2 Å². The van der Waals surface area contributed by atoms with Crippen LogP contribution < -0.4 is 16.0 Å². The summed E-state index contributed by atoms with van der Waals surface area (Å²) in [6.07, 6.45) is 0.984. The Morgan fingerprint density at radius 3 is 2.44 bits per heavy atom. The standard InChI is InChI=1S/C17H23Cl2N5.HI/c1-20-17(23-12-14-11-15(18)16(19)24(14)2)22-10-6-9-21-13-7-4-3-5-8-13;/h3-5,7-8,11,21H,6,9-10,12H2,1-2H3,(H2,20,22,23);1H. The molecule has 0 spiro atoms. The van der Waals surface area contributed by atoms with Crippen molar-refractivity contribution < 1.29 is 0 Å². The zero-order valence-electron chi connectivity index (χ0n) is 14.4. The maximum absolute atomic E-state index is 6.07. The number of anilines is 1. The third kappa shape index (κ3) is 6.95. The van der Waals surface area contributed by atoms with E-state index in [0.29, 0.717) is 16.7 Å². The van der Waals surface area contributed by atoms with Crippen LogP contribution in [0.15, 0.2) is 41.4 Å². The second-order valence-electron chi connectivity index (χ2n) is 5.33. The Morgan fingerprint density at radius 1 is 1.12 bits per heavy atom. The lowest BCUT2D eigenvalue weighted by Gasteiger charge is -2.13. The Kier molecular flexibility index (Phi) is 10.1. The third-order valence-corrected chi connectivity index (χ3v) is 4.47. The molecule has 1 heterocycles. The van der Waals surface area contributed by atoms with Crippen LogP contribution >= 0.6 is 47.2 Å². The van der Waals surface area contributed by atoms with Crippen LogP contribution in [-0.2, 0) is 13.6 Å². The zero-order chi connectivity index (χ0) is 17.4. The van der Waals surface area contributed by atoms with Crippen LogP contribution in [-0.4, -0.2) is 30.7 Å². The Morgan fingerprint density at radius 2 is 1.84 bits per heavy atom. The van der Waals surface area contributed by atoms with Crippen LogP contribution in [0.1, 0.15) is 12.1 Å². The molecule has 0 bridgehead atoms. The molecule has 0 unspecified atom stereocenters. The van der Waals surface area contributed by atoms with Gasteiger partial charge in [0, 0.05) is 38.6 Å². The van der Waals surface area contributed by atoms with Crippen molar-refractivity contribution >= 4 is 58.8 Å². The van der Waals surface area contributed by atoms with Crippen LogP contribution in [0.2, 0.25) is 10.2 Å². The summed E-state index contributed by atoms with van der Waals surface area (Å²) < 4.78 is 1.86. The number of para-hydroxylation sites is 1. The zero-order valence-corrected chi connectivity index (χ0v) is 18.2. The van der Waals surface area contributed by atoms with Crippen LogP contribution in [0, 0.1) is 0 Å². The van der Waals surface area contributed by atoms with Crippen molar-refractivity contribution in [3.8, 4) is 0 Å². The van der Waals surface area contributed by atoms with Crippen molar-refractivity contribution in [2.75, 3.05) is 25.5 Å². The number of hydrogen-bond acceptors (Lipinski definition) is 2. The summed E-state index contributed by atoms with van der Waals surface area (Å²) in [5.74, 6) is 0.753. The van der Waals surface area contributed by atoms with Gasteiger partial charge in [0.2, 0.25) is 0 Å². The topological polar surface area (TPSA) is 53.4 Å². The van der Waals surface area contributed by atoms with E-state index in [1.54, 1.807) is 7.05 Å². The highest BCUT2D eigenvalue weighted by Gasteiger charge is 2.09. The average Bonchev–Trinajstić information content (AvgIpc) is 2.85. The van der Waals surface area contributed by atoms with E-state index in [9.17, 15) is 0 Å². The summed E-state index contributed by atoms with van der Waals surface area (Å²) >= 11 is 12.1. The summed E-state index contributed by atoms with van der Waals surface area (Å²) in [6, 6.07) is 12.0. The lowest BCUT2D eigenvalue weighted by molar-refractivity contribution is 0.734. The lowest BCUT2D eigenvalue weighted by atomic mass is 10.3. The SMILES string of the molecule is CN=C(NCCCNc1ccccc1)NCc1cc(Cl)c(Cl)n1C.I. The van der Waals surface area contributed by atoms with Gasteiger partial charge in [0.1, 0.15) is 5.15 Å². The van der Waals surface area contributed by atoms with Crippen LogP contribution in [0.5, 0.6) is 0 Å². The molecular weight excluding hydrogens is 472 g/mol. The molecule has 0 aliphatic carbocycles. The number of halogens is 3. The summed E-state index contributed by atoms with van der Waals surface area (Å²) in [4.78, 5) is 4.22. The lowest BCUT2D eigenvalue weighted by Crippen LogP contribution is -2.38. The molecule has 0 radical (unpaired) electrons.